The molecule has 16 aromatic carbocycles. The van der Waals surface area contributed by atoms with Crippen LogP contribution >= 0.6 is 0 Å². The molecule has 0 saturated carbocycles. The third-order valence-electron chi connectivity index (χ3n) is 22.4. The molecule has 504 valence electrons. The Labute approximate surface area is 625 Å². The van der Waals surface area contributed by atoms with Crippen molar-refractivity contribution >= 4 is 21.8 Å². The van der Waals surface area contributed by atoms with E-state index in [9.17, 15) is 0 Å². The number of aromatic nitrogens is 4. The van der Waals surface area contributed by atoms with Gasteiger partial charge in [-0.3, -0.25) is 0 Å². The number of nitrogens with zero attached hydrogens (tertiary/aromatic N) is 4. The molecule has 6 nitrogen and oxygen atoms in total. The van der Waals surface area contributed by atoms with E-state index in [1.165, 1.54) is 100 Å². The zero-order valence-corrected chi connectivity index (χ0v) is 58.6. The van der Waals surface area contributed by atoms with Crippen LogP contribution in [0.25, 0.3) is 134 Å². The molecule has 0 bridgehead atoms. The number of rotatable bonds is 8. The molecular formula is C102H64N4O2. The Kier molecular flexibility index (Phi) is 14.6. The monoisotopic (exact) mass is 1380 g/mol. The maximum atomic E-state index is 6.51. The molecule has 4 aliphatic rings. The van der Waals surface area contributed by atoms with Gasteiger partial charge in [0, 0.05) is 55.3 Å². The Hall–Kier alpha value is -14.2. The van der Waals surface area contributed by atoms with Gasteiger partial charge in [-0.1, -0.05) is 340 Å². The van der Waals surface area contributed by atoms with E-state index in [2.05, 4.69) is 364 Å². The molecule has 22 rings (SSSR count). The fourth-order valence-corrected chi connectivity index (χ4v) is 17.5. The Balaban J connectivity index is 0.000000138. The van der Waals surface area contributed by atoms with Gasteiger partial charge >= 0.3 is 0 Å². The van der Waals surface area contributed by atoms with Crippen LogP contribution < -0.4 is 9.47 Å². The van der Waals surface area contributed by atoms with E-state index in [-0.39, 0.29) is 0 Å². The normalized spacial score (nSPS) is 13.1. The molecule has 0 radical (unpaired) electrons. The van der Waals surface area contributed by atoms with Gasteiger partial charge in [-0.2, -0.15) is 0 Å². The largest absolute Gasteiger partial charge is 0.457 e. The second-order valence-electron chi connectivity index (χ2n) is 28.2. The van der Waals surface area contributed by atoms with E-state index in [1.807, 2.05) is 24.3 Å². The Bertz CT molecular complexity index is 6500. The second kappa shape index (κ2) is 25.3. The number of hydrogen-bond donors (Lipinski definition) is 0. The third kappa shape index (κ3) is 9.95. The molecule has 0 saturated heterocycles. The first-order valence-electron chi connectivity index (χ1n) is 36.8. The number of para-hydroxylation sites is 6. The minimum Gasteiger partial charge on any atom is -0.457 e. The molecule has 0 N–H and O–H groups in total. The molecule has 2 aliphatic heterocycles. The van der Waals surface area contributed by atoms with Gasteiger partial charge < -0.3 is 9.47 Å². The summed E-state index contributed by atoms with van der Waals surface area (Å²) in [6.45, 7) is 0. The average molecular weight is 1380 g/mol. The van der Waals surface area contributed by atoms with Crippen LogP contribution in [0.1, 0.15) is 44.5 Å². The zero-order chi connectivity index (χ0) is 71.3. The van der Waals surface area contributed by atoms with Gasteiger partial charge in [-0.05, 0) is 138 Å². The minimum atomic E-state index is -0.466. The lowest BCUT2D eigenvalue weighted by molar-refractivity contribution is 0.436. The van der Waals surface area contributed by atoms with Crippen molar-refractivity contribution < 1.29 is 9.47 Å². The van der Waals surface area contributed by atoms with Crippen molar-refractivity contribution in [2.24, 2.45) is 0 Å². The molecule has 2 aliphatic carbocycles. The van der Waals surface area contributed by atoms with Gasteiger partial charge in [0.1, 0.15) is 23.0 Å². The maximum Gasteiger partial charge on any atom is 0.160 e. The van der Waals surface area contributed by atoms with Crippen LogP contribution in [-0.2, 0) is 10.8 Å². The second-order valence-corrected chi connectivity index (χ2v) is 28.2. The van der Waals surface area contributed by atoms with Crippen LogP contribution in [-0.4, -0.2) is 19.9 Å². The molecule has 2 aromatic heterocycles. The van der Waals surface area contributed by atoms with Crippen LogP contribution in [0.2, 0.25) is 0 Å². The summed E-state index contributed by atoms with van der Waals surface area (Å²) in [6.07, 6.45) is 0. The fraction of sp³-hybridized carbons (Fsp3) is 0.0196. The number of hydrogen-bond acceptors (Lipinski definition) is 6. The molecule has 2 spiro atoms. The van der Waals surface area contributed by atoms with Crippen molar-refractivity contribution in [1.29, 1.82) is 0 Å². The molecule has 0 fully saturated rings. The summed E-state index contributed by atoms with van der Waals surface area (Å²) in [7, 11) is 0. The van der Waals surface area contributed by atoms with Crippen molar-refractivity contribution in [3.63, 3.8) is 0 Å². The summed E-state index contributed by atoms with van der Waals surface area (Å²) in [5.41, 5.74) is 31.1. The zero-order valence-electron chi connectivity index (χ0n) is 58.6. The number of fused-ring (bicyclic) bond motifs is 20. The molecule has 18 aromatic rings. The SMILES string of the molecule is c1ccc(-c2ccc(-c3nc(-c4ccc(-c5ccc6c(c5)-c5ccccc5C65c6ccccc6Oc6ccccc65)cc4)c4ccccc4n3)cc2)cc1.c1ccc(-c2ccc(-c3nc(-c4ccc(-c5ccc6c(c5)-c5ccccc5C65c6ccccc6Oc6ccccc65)cc4)nc4ccccc34)cc2)cc1. The first kappa shape index (κ1) is 62.4. The lowest BCUT2D eigenvalue weighted by atomic mass is 9.66. The van der Waals surface area contributed by atoms with Crippen LogP contribution in [0.4, 0.5) is 0 Å². The quantitative estimate of drug-likeness (QED) is 0.151. The van der Waals surface area contributed by atoms with Crippen molar-refractivity contribution in [1.82, 2.24) is 19.9 Å². The highest BCUT2D eigenvalue weighted by molar-refractivity contribution is 5.97. The molecule has 0 unspecified atom stereocenters. The van der Waals surface area contributed by atoms with Gasteiger partial charge in [0.25, 0.3) is 0 Å². The predicted molar refractivity (Wildman–Crippen MR) is 437 cm³/mol. The summed E-state index contributed by atoms with van der Waals surface area (Å²) in [6, 6.07) is 138. The highest BCUT2D eigenvalue weighted by Crippen LogP contribution is 2.64. The lowest BCUT2D eigenvalue weighted by Gasteiger charge is -2.39. The van der Waals surface area contributed by atoms with E-state index in [0.29, 0.717) is 5.82 Å². The summed E-state index contributed by atoms with van der Waals surface area (Å²) in [5.74, 6) is 5.05. The van der Waals surface area contributed by atoms with Crippen molar-refractivity contribution in [2.75, 3.05) is 0 Å². The molecular weight excluding hydrogens is 1310 g/mol. The first-order valence-corrected chi connectivity index (χ1v) is 36.8. The number of ether oxygens (including phenoxy) is 2. The Morgan fingerprint density at radius 2 is 0.435 bits per heavy atom. The lowest BCUT2D eigenvalue weighted by Crippen LogP contribution is -2.32. The van der Waals surface area contributed by atoms with E-state index >= 15 is 0 Å². The van der Waals surface area contributed by atoms with Crippen LogP contribution in [0.15, 0.2) is 388 Å². The standard InChI is InChI=1S/2C51H32N2O/c1-2-12-33(13-3-1)34-24-28-37(29-25-34)50-52-46-19-9-5-15-40(46)49(53-50)36-26-22-35(23-27-36)38-30-31-43-41(32-38)39-14-4-6-16-42(39)51(43)44-17-7-10-20-47(44)54-48-21-11-8-18-45(48)51;1-2-12-33(13-3-1)34-22-26-36(27-23-34)49-40-15-5-9-19-46(40)52-50(53-49)37-28-24-35(25-29-37)38-30-31-43-41(32-38)39-14-4-6-16-42(39)51(43)44-17-7-10-20-47(44)54-48-21-11-8-18-45(48)51/h2*1-32H. The molecule has 108 heavy (non-hydrogen) atoms. The van der Waals surface area contributed by atoms with E-state index < -0.39 is 10.8 Å². The van der Waals surface area contributed by atoms with Gasteiger partial charge in [-0.15, -0.1) is 0 Å². The van der Waals surface area contributed by atoms with Crippen LogP contribution in [0.5, 0.6) is 23.0 Å². The Morgan fingerprint density at radius 3 is 0.806 bits per heavy atom. The highest BCUT2D eigenvalue weighted by Gasteiger charge is 2.52. The van der Waals surface area contributed by atoms with E-state index in [1.54, 1.807) is 0 Å². The van der Waals surface area contributed by atoms with E-state index in [0.717, 1.165) is 95.4 Å². The van der Waals surface area contributed by atoms with Gasteiger partial charge in [0.05, 0.1) is 33.3 Å². The topological polar surface area (TPSA) is 70.0 Å². The Morgan fingerprint density at radius 1 is 0.176 bits per heavy atom. The summed E-state index contributed by atoms with van der Waals surface area (Å²) in [4.78, 5) is 20.4. The average Bonchev–Trinajstić information content (AvgIpc) is 1.51. The smallest absolute Gasteiger partial charge is 0.160 e. The number of benzene rings is 16. The predicted octanol–water partition coefficient (Wildman–Crippen LogP) is 25.5. The van der Waals surface area contributed by atoms with Crippen molar-refractivity contribution in [3.05, 3.63) is 433 Å². The third-order valence-corrected chi connectivity index (χ3v) is 22.4. The molecule has 0 amide bonds. The molecule has 4 heterocycles. The maximum absolute atomic E-state index is 6.51. The van der Waals surface area contributed by atoms with Gasteiger partial charge in [0.15, 0.2) is 11.6 Å². The summed E-state index contributed by atoms with van der Waals surface area (Å²) < 4.78 is 13.0. The highest BCUT2D eigenvalue weighted by atomic mass is 16.5. The van der Waals surface area contributed by atoms with Crippen molar-refractivity contribution in [2.45, 2.75) is 10.8 Å². The van der Waals surface area contributed by atoms with Crippen LogP contribution in [0.3, 0.4) is 0 Å². The fourth-order valence-electron chi connectivity index (χ4n) is 17.5. The minimum absolute atomic E-state index is 0.465. The first-order chi connectivity index (χ1) is 53.5. The summed E-state index contributed by atoms with van der Waals surface area (Å²) >= 11 is 0. The molecule has 0 atom stereocenters. The van der Waals surface area contributed by atoms with Crippen LogP contribution in [0, 0.1) is 0 Å². The van der Waals surface area contributed by atoms with E-state index in [4.69, 9.17) is 29.4 Å². The summed E-state index contributed by atoms with van der Waals surface area (Å²) in [5, 5.41) is 2.07. The van der Waals surface area contributed by atoms with Gasteiger partial charge in [0.2, 0.25) is 0 Å². The van der Waals surface area contributed by atoms with Crippen molar-refractivity contribution in [3.8, 4) is 135 Å². The molecule has 6 heteroatoms. The van der Waals surface area contributed by atoms with Gasteiger partial charge in [-0.25, -0.2) is 19.9 Å².